The van der Waals surface area contributed by atoms with Gasteiger partial charge in [-0.3, -0.25) is 0 Å². The van der Waals surface area contributed by atoms with Crippen LogP contribution in [0.3, 0.4) is 0 Å². The van der Waals surface area contributed by atoms with Crippen LogP contribution in [-0.2, 0) is 6.54 Å². The molecule has 1 aliphatic rings. The molecular formula is C17H22N2S. The van der Waals surface area contributed by atoms with E-state index in [2.05, 4.69) is 56.4 Å². The van der Waals surface area contributed by atoms with Crippen LogP contribution in [0.5, 0.6) is 0 Å². The highest BCUT2D eigenvalue weighted by molar-refractivity contribution is 7.12. The molecule has 0 spiro atoms. The van der Waals surface area contributed by atoms with Gasteiger partial charge in [0.1, 0.15) is 0 Å². The summed E-state index contributed by atoms with van der Waals surface area (Å²) in [4.78, 5) is 6.34. The minimum absolute atomic E-state index is 0.446. The van der Waals surface area contributed by atoms with Gasteiger partial charge in [0.15, 0.2) is 0 Å². The third-order valence-electron chi connectivity index (χ3n) is 4.11. The average Bonchev–Trinajstić information content (AvgIpc) is 2.91. The lowest BCUT2D eigenvalue weighted by Gasteiger charge is -2.02. The molecule has 0 bridgehead atoms. The predicted octanol–water partition coefficient (Wildman–Crippen LogP) is 4.43. The van der Waals surface area contributed by atoms with Gasteiger partial charge in [0, 0.05) is 22.9 Å². The van der Waals surface area contributed by atoms with Crippen LogP contribution < -0.4 is 5.32 Å². The third-order valence-corrected chi connectivity index (χ3v) is 5.28. The second-order valence-electron chi connectivity index (χ2n) is 6.22. The van der Waals surface area contributed by atoms with E-state index in [0.717, 1.165) is 13.1 Å². The molecule has 2 nitrogen and oxygen atoms in total. The summed E-state index contributed by atoms with van der Waals surface area (Å²) in [5.74, 6) is 0.658. The normalized spacial score (nSPS) is 20.1. The van der Waals surface area contributed by atoms with E-state index in [1.54, 1.807) is 0 Å². The summed E-state index contributed by atoms with van der Waals surface area (Å²) in [5, 5.41) is 4.76. The van der Waals surface area contributed by atoms with Gasteiger partial charge in [-0.15, -0.1) is 11.3 Å². The zero-order chi connectivity index (χ0) is 14.2. The Balaban J connectivity index is 1.94. The van der Waals surface area contributed by atoms with E-state index < -0.39 is 0 Å². The molecule has 2 aromatic rings. The molecule has 3 rings (SSSR count). The maximum Gasteiger partial charge on any atom is 0.0972 e. The third kappa shape index (κ3) is 2.65. The van der Waals surface area contributed by atoms with E-state index in [1.165, 1.54) is 27.6 Å². The van der Waals surface area contributed by atoms with Crippen LogP contribution >= 0.6 is 11.3 Å². The first-order valence-corrected chi connectivity index (χ1v) is 8.19. The minimum atomic E-state index is 0.446. The van der Waals surface area contributed by atoms with Crippen LogP contribution in [0.1, 0.15) is 43.0 Å². The molecule has 0 amide bonds. The molecule has 0 saturated heterocycles. The van der Waals surface area contributed by atoms with Crippen molar-refractivity contribution in [2.45, 2.75) is 39.7 Å². The SMILES string of the molecule is CCNCc1sc(C2CC2(C)C)nc1-c1ccccc1. The van der Waals surface area contributed by atoms with Crippen LogP contribution in [-0.4, -0.2) is 11.5 Å². The number of rotatable bonds is 5. The lowest BCUT2D eigenvalue weighted by Crippen LogP contribution is -2.11. The fraction of sp³-hybridized carbons (Fsp3) is 0.471. The van der Waals surface area contributed by atoms with E-state index in [0.29, 0.717) is 11.3 Å². The first-order valence-electron chi connectivity index (χ1n) is 7.37. The Kier molecular flexibility index (Phi) is 3.65. The summed E-state index contributed by atoms with van der Waals surface area (Å²) in [6.45, 7) is 8.74. The molecule has 1 saturated carbocycles. The molecule has 1 atom stereocenters. The van der Waals surface area contributed by atoms with Gasteiger partial charge in [-0.2, -0.15) is 0 Å². The zero-order valence-electron chi connectivity index (χ0n) is 12.4. The first-order chi connectivity index (χ1) is 9.62. The van der Waals surface area contributed by atoms with Gasteiger partial charge in [0.05, 0.1) is 10.7 Å². The van der Waals surface area contributed by atoms with E-state index in [9.17, 15) is 0 Å². The molecule has 1 unspecified atom stereocenters. The van der Waals surface area contributed by atoms with Gasteiger partial charge in [-0.25, -0.2) is 4.98 Å². The van der Waals surface area contributed by atoms with Crippen molar-refractivity contribution in [2.75, 3.05) is 6.54 Å². The van der Waals surface area contributed by atoms with E-state index in [4.69, 9.17) is 4.98 Å². The molecule has 106 valence electrons. The highest BCUT2D eigenvalue weighted by Crippen LogP contribution is 2.59. The fourth-order valence-corrected chi connectivity index (χ4v) is 3.96. The van der Waals surface area contributed by atoms with Crippen LogP contribution in [0.2, 0.25) is 0 Å². The van der Waals surface area contributed by atoms with E-state index in [-0.39, 0.29) is 0 Å². The topological polar surface area (TPSA) is 24.9 Å². The van der Waals surface area contributed by atoms with Crippen molar-refractivity contribution in [1.29, 1.82) is 0 Å². The van der Waals surface area contributed by atoms with Crippen molar-refractivity contribution in [3.8, 4) is 11.3 Å². The highest BCUT2D eigenvalue weighted by atomic mass is 32.1. The standard InChI is InChI=1S/C17H22N2S/c1-4-18-11-14-15(12-8-6-5-7-9-12)19-16(20-14)13-10-17(13,2)3/h5-9,13,18H,4,10-11H2,1-3H3. The van der Waals surface area contributed by atoms with Crippen LogP contribution in [0, 0.1) is 5.41 Å². The van der Waals surface area contributed by atoms with Crippen molar-refractivity contribution in [3.05, 3.63) is 40.2 Å². The smallest absolute Gasteiger partial charge is 0.0972 e. The molecule has 0 aliphatic heterocycles. The van der Waals surface area contributed by atoms with Gasteiger partial charge >= 0.3 is 0 Å². The summed E-state index contributed by atoms with van der Waals surface area (Å²) in [5.41, 5.74) is 2.86. The predicted molar refractivity (Wildman–Crippen MR) is 86.1 cm³/mol. The van der Waals surface area contributed by atoms with Gasteiger partial charge in [0.25, 0.3) is 0 Å². The second-order valence-corrected chi connectivity index (χ2v) is 7.33. The number of aromatic nitrogens is 1. The molecule has 1 heterocycles. The average molecular weight is 286 g/mol. The van der Waals surface area contributed by atoms with E-state index >= 15 is 0 Å². The zero-order valence-corrected chi connectivity index (χ0v) is 13.3. The van der Waals surface area contributed by atoms with Gasteiger partial charge in [0.2, 0.25) is 0 Å². The Hall–Kier alpha value is -1.19. The monoisotopic (exact) mass is 286 g/mol. The molecule has 1 aromatic heterocycles. The maximum absolute atomic E-state index is 4.97. The Bertz CT molecular complexity index is 586. The Labute approximate surface area is 125 Å². The van der Waals surface area contributed by atoms with Crippen molar-refractivity contribution in [1.82, 2.24) is 10.3 Å². The molecule has 3 heteroatoms. The Morgan fingerprint density at radius 2 is 2.00 bits per heavy atom. The van der Waals surface area contributed by atoms with E-state index in [1.807, 2.05) is 11.3 Å². The number of nitrogens with zero attached hydrogens (tertiary/aromatic N) is 1. The Morgan fingerprint density at radius 3 is 2.60 bits per heavy atom. The van der Waals surface area contributed by atoms with Crippen molar-refractivity contribution in [3.63, 3.8) is 0 Å². The highest BCUT2D eigenvalue weighted by Gasteiger charge is 2.48. The van der Waals surface area contributed by atoms with Crippen molar-refractivity contribution in [2.24, 2.45) is 5.41 Å². The summed E-state index contributed by atoms with van der Waals surface area (Å²) >= 11 is 1.89. The van der Waals surface area contributed by atoms with Crippen LogP contribution in [0.4, 0.5) is 0 Å². The second kappa shape index (κ2) is 5.30. The first kappa shape index (κ1) is 13.8. The fourth-order valence-electron chi connectivity index (χ4n) is 2.59. The van der Waals surface area contributed by atoms with Crippen LogP contribution in [0.15, 0.2) is 30.3 Å². The molecular weight excluding hydrogens is 264 g/mol. The number of benzene rings is 1. The maximum atomic E-state index is 4.97. The van der Waals surface area contributed by atoms with Gasteiger partial charge < -0.3 is 5.32 Å². The summed E-state index contributed by atoms with van der Waals surface area (Å²) in [6.07, 6.45) is 1.27. The summed E-state index contributed by atoms with van der Waals surface area (Å²) in [7, 11) is 0. The number of thiazole rings is 1. The number of hydrogen-bond donors (Lipinski definition) is 1. The molecule has 1 aliphatic carbocycles. The van der Waals surface area contributed by atoms with Gasteiger partial charge in [-0.1, -0.05) is 51.1 Å². The largest absolute Gasteiger partial charge is 0.312 e. The lowest BCUT2D eigenvalue weighted by atomic mass is 10.1. The number of hydrogen-bond acceptors (Lipinski definition) is 3. The van der Waals surface area contributed by atoms with Crippen molar-refractivity contribution >= 4 is 11.3 Å². The van der Waals surface area contributed by atoms with Crippen molar-refractivity contribution < 1.29 is 0 Å². The minimum Gasteiger partial charge on any atom is -0.312 e. The summed E-state index contributed by atoms with van der Waals surface area (Å²) in [6, 6.07) is 10.6. The lowest BCUT2D eigenvalue weighted by molar-refractivity contribution is 0.620. The molecule has 1 fully saturated rings. The Morgan fingerprint density at radius 1 is 1.30 bits per heavy atom. The molecule has 20 heavy (non-hydrogen) atoms. The summed E-state index contributed by atoms with van der Waals surface area (Å²) < 4.78 is 0. The number of nitrogens with one attached hydrogen (secondary N) is 1. The quantitative estimate of drug-likeness (QED) is 0.879. The molecule has 1 aromatic carbocycles. The molecule has 1 N–H and O–H groups in total. The molecule has 0 radical (unpaired) electrons. The van der Waals surface area contributed by atoms with Gasteiger partial charge in [-0.05, 0) is 18.4 Å². The van der Waals surface area contributed by atoms with Crippen LogP contribution in [0.25, 0.3) is 11.3 Å².